The van der Waals surface area contributed by atoms with E-state index in [0.29, 0.717) is 0 Å². The minimum Gasteiger partial charge on any atom is -0.468 e. The van der Waals surface area contributed by atoms with E-state index >= 15 is 0 Å². The lowest BCUT2D eigenvalue weighted by Crippen LogP contribution is -2.37. The van der Waals surface area contributed by atoms with Crippen molar-refractivity contribution in [2.45, 2.75) is 32.2 Å². The summed E-state index contributed by atoms with van der Waals surface area (Å²) >= 11 is 0. The highest BCUT2D eigenvalue weighted by atomic mass is 16.5. The van der Waals surface area contributed by atoms with Gasteiger partial charge in [0.1, 0.15) is 6.04 Å². The molecule has 0 aromatic rings. The van der Waals surface area contributed by atoms with Crippen LogP contribution in [-0.2, 0) is 9.53 Å². The van der Waals surface area contributed by atoms with Crippen molar-refractivity contribution in [3.05, 3.63) is 0 Å². The summed E-state index contributed by atoms with van der Waals surface area (Å²) in [6.07, 6.45) is 3.02. The highest BCUT2D eigenvalue weighted by molar-refractivity contribution is 5.75. The fourth-order valence-electron chi connectivity index (χ4n) is 1.37. The third kappa shape index (κ3) is 7.33. The zero-order valence-corrected chi connectivity index (χ0v) is 10.4. The Morgan fingerprint density at radius 2 is 2.07 bits per heavy atom. The second kappa shape index (κ2) is 8.68. The van der Waals surface area contributed by atoms with Crippen molar-refractivity contribution in [1.82, 2.24) is 10.2 Å². The molecule has 0 heterocycles. The largest absolute Gasteiger partial charge is 0.468 e. The molecular weight excluding hydrogens is 192 g/mol. The molecule has 90 valence electrons. The van der Waals surface area contributed by atoms with Crippen molar-refractivity contribution in [3.63, 3.8) is 0 Å². The first-order chi connectivity index (χ1) is 7.11. The number of nitrogens with zero attached hydrogens (tertiary/aromatic N) is 1. The number of methoxy groups -OCH3 is 1. The van der Waals surface area contributed by atoms with Gasteiger partial charge in [-0.05, 0) is 46.4 Å². The Balaban J connectivity index is 3.51. The minimum absolute atomic E-state index is 0.144. The molecule has 0 aromatic heterocycles. The van der Waals surface area contributed by atoms with Crippen LogP contribution in [0.25, 0.3) is 0 Å². The van der Waals surface area contributed by atoms with Crippen LogP contribution in [0.5, 0.6) is 0 Å². The molecule has 1 atom stereocenters. The Morgan fingerprint density at radius 1 is 1.40 bits per heavy atom. The Labute approximate surface area is 93.0 Å². The Morgan fingerprint density at radius 3 is 2.53 bits per heavy atom. The smallest absolute Gasteiger partial charge is 0.322 e. The zero-order chi connectivity index (χ0) is 11.7. The fraction of sp³-hybridized carbons (Fsp3) is 0.909. The van der Waals surface area contributed by atoms with Crippen LogP contribution < -0.4 is 5.32 Å². The van der Waals surface area contributed by atoms with Crippen molar-refractivity contribution in [2.24, 2.45) is 0 Å². The average Bonchev–Trinajstić information content (AvgIpc) is 2.22. The molecule has 15 heavy (non-hydrogen) atoms. The number of carbonyl (C=O) groups excluding carboxylic acids is 1. The first-order valence-electron chi connectivity index (χ1n) is 5.57. The number of carbonyl (C=O) groups is 1. The highest BCUT2D eigenvalue weighted by Crippen LogP contribution is 1.95. The van der Waals surface area contributed by atoms with Crippen LogP contribution in [0.3, 0.4) is 0 Å². The van der Waals surface area contributed by atoms with E-state index in [1.807, 2.05) is 6.92 Å². The van der Waals surface area contributed by atoms with Gasteiger partial charge < -0.3 is 15.0 Å². The summed E-state index contributed by atoms with van der Waals surface area (Å²) in [5.41, 5.74) is 0. The number of ether oxygens (including phenoxy) is 1. The van der Waals surface area contributed by atoms with Crippen molar-refractivity contribution in [1.29, 1.82) is 0 Å². The van der Waals surface area contributed by atoms with E-state index in [0.717, 1.165) is 32.4 Å². The molecule has 0 aromatic carbocycles. The van der Waals surface area contributed by atoms with Crippen LogP contribution >= 0.6 is 0 Å². The van der Waals surface area contributed by atoms with Gasteiger partial charge in [-0.2, -0.15) is 0 Å². The number of hydrogen-bond donors (Lipinski definition) is 1. The molecule has 0 fully saturated rings. The van der Waals surface area contributed by atoms with E-state index in [2.05, 4.69) is 29.0 Å². The Hall–Kier alpha value is -0.610. The summed E-state index contributed by atoms with van der Waals surface area (Å²) in [5, 5.41) is 3.20. The molecule has 0 spiro atoms. The lowest BCUT2D eigenvalue weighted by atomic mass is 10.2. The van der Waals surface area contributed by atoms with Gasteiger partial charge in [0.25, 0.3) is 0 Å². The first kappa shape index (κ1) is 14.4. The van der Waals surface area contributed by atoms with Gasteiger partial charge in [0.2, 0.25) is 0 Å². The second-order valence-electron chi connectivity index (χ2n) is 3.95. The predicted molar refractivity (Wildman–Crippen MR) is 61.9 cm³/mol. The van der Waals surface area contributed by atoms with Crippen LogP contribution in [0.1, 0.15) is 26.2 Å². The number of unbranched alkanes of at least 4 members (excludes halogenated alkanes) is 1. The summed E-state index contributed by atoms with van der Waals surface area (Å²) in [6.45, 7) is 3.95. The summed E-state index contributed by atoms with van der Waals surface area (Å²) in [5.74, 6) is -0.162. The van der Waals surface area contributed by atoms with E-state index in [9.17, 15) is 4.79 Å². The van der Waals surface area contributed by atoms with Crippen LogP contribution in [0.15, 0.2) is 0 Å². The van der Waals surface area contributed by atoms with E-state index in [1.165, 1.54) is 7.11 Å². The summed E-state index contributed by atoms with van der Waals surface area (Å²) in [6, 6.07) is -0.144. The molecule has 0 radical (unpaired) electrons. The van der Waals surface area contributed by atoms with E-state index < -0.39 is 0 Å². The topological polar surface area (TPSA) is 41.6 Å². The molecule has 0 saturated heterocycles. The molecule has 1 N–H and O–H groups in total. The molecule has 0 rings (SSSR count). The van der Waals surface area contributed by atoms with Crippen molar-refractivity contribution in [3.8, 4) is 0 Å². The number of rotatable bonds is 8. The zero-order valence-electron chi connectivity index (χ0n) is 10.4. The van der Waals surface area contributed by atoms with Gasteiger partial charge >= 0.3 is 5.97 Å². The summed E-state index contributed by atoms with van der Waals surface area (Å²) < 4.78 is 4.69. The van der Waals surface area contributed by atoms with E-state index in [4.69, 9.17) is 0 Å². The second-order valence-corrected chi connectivity index (χ2v) is 3.95. The quantitative estimate of drug-likeness (QED) is 0.483. The molecule has 0 aliphatic heterocycles. The van der Waals surface area contributed by atoms with Crippen LogP contribution in [0.2, 0.25) is 0 Å². The van der Waals surface area contributed by atoms with Crippen LogP contribution in [0.4, 0.5) is 0 Å². The van der Waals surface area contributed by atoms with Gasteiger partial charge in [0.05, 0.1) is 7.11 Å². The van der Waals surface area contributed by atoms with Gasteiger partial charge in [-0.3, -0.25) is 4.79 Å². The van der Waals surface area contributed by atoms with Gasteiger partial charge in [-0.25, -0.2) is 0 Å². The Kier molecular flexibility index (Phi) is 8.33. The average molecular weight is 216 g/mol. The van der Waals surface area contributed by atoms with E-state index in [-0.39, 0.29) is 12.0 Å². The molecule has 0 amide bonds. The minimum atomic E-state index is -0.162. The number of esters is 1. The lowest BCUT2D eigenvalue weighted by Gasteiger charge is -2.14. The Bertz CT molecular complexity index is 172. The third-order valence-corrected chi connectivity index (χ3v) is 2.32. The third-order valence-electron chi connectivity index (χ3n) is 2.32. The van der Waals surface area contributed by atoms with Crippen molar-refractivity contribution in [2.75, 3.05) is 34.3 Å². The van der Waals surface area contributed by atoms with Crippen molar-refractivity contribution < 1.29 is 9.53 Å². The monoisotopic (exact) mass is 216 g/mol. The van der Waals surface area contributed by atoms with Gasteiger partial charge in [0.15, 0.2) is 0 Å². The van der Waals surface area contributed by atoms with Gasteiger partial charge in [-0.1, -0.05) is 6.92 Å². The predicted octanol–water partition coefficient (Wildman–Crippen LogP) is 0.869. The number of nitrogens with one attached hydrogen (secondary N) is 1. The fourth-order valence-corrected chi connectivity index (χ4v) is 1.37. The standard InChI is InChI=1S/C11H24N2O2/c1-5-10(11(14)15-4)12-8-6-7-9-13(2)3/h10,12H,5-9H2,1-4H3. The van der Waals surface area contributed by atoms with E-state index in [1.54, 1.807) is 0 Å². The van der Waals surface area contributed by atoms with Gasteiger partial charge in [-0.15, -0.1) is 0 Å². The first-order valence-corrected chi connectivity index (χ1v) is 5.57. The number of hydrogen-bond acceptors (Lipinski definition) is 4. The molecule has 0 saturated carbocycles. The summed E-state index contributed by atoms with van der Waals surface area (Å²) in [4.78, 5) is 13.4. The molecule has 0 aliphatic rings. The normalized spacial score (nSPS) is 12.9. The SMILES string of the molecule is CCC(NCCCCN(C)C)C(=O)OC. The van der Waals surface area contributed by atoms with Gasteiger partial charge in [0, 0.05) is 0 Å². The molecular formula is C11H24N2O2. The van der Waals surface area contributed by atoms with Crippen LogP contribution in [0, 0.1) is 0 Å². The maximum absolute atomic E-state index is 11.2. The lowest BCUT2D eigenvalue weighted by molar-refractivity contribution is -0.143. The highest BCUT2D eigenvalue weighted by Gasteiger charge is 2.14. The molecule has 0 aliphatic carbocycles. The van der Waals surface area contributed by atoms with Crippen molar-refractivity contribution >= 4 is 5.97 Å². The molecule has 1 unspecified atom stereocenters. The molecule has 0 bridgehead atoms. The maximum Gasteiger partial charge on any atom is 0.322 e. The molecule has 4 heteroatoms. The summed E-state index contributed by atoms with van der Waals surface area (Å²) in [7, 11) is 5.56. The molecule has 4 nitrogen and oxygen atoms in total. The maximum atomic E-state index is 11.2. The van der Waals surface area contributed by atoms with Crippen LogP contribution in [-0.4, -0.2) is 51.2 Å².